The number of unbranched alkanes of at least 4 members (excludes halogenated alkanes) is 1. The molecule has 1 nitrogen and oxygen atoms in total. The lowest BCUT2D eigenvalue weighted by molar-refractivity contribution is 0.948. The summed E-state index contributed by atoms with van der Waals surface area (Å²) in [5.41, 5.74) is 3.50. The van der Waals surface area contributed by atoms with Crippen molar-refractivity contribution >= 4 is 5.71 Å². The molecule has 13 heavy (non-hydrogen) atoms. The predicted molar refractivity (Wildman–Crippen MR) is 61.2 cm³/mol. The monoisotopic (exact) mass is 179 g/mol. The smallest absolute Gasteiger partial charge is 0.0612 e. The molecule has 0 N–H and O–H groups in total. The Labute approximate surface area is 82.3 Å². The Hall–Kier alpha value is -0.850. The van der Waals surface area contributed by atoms with Crippen molar-refractivity contribution in [1.82, 2.24) is 0 Å². The van der Waals surface area contributed by atoms with Gasteiger partial charge in [-0.1, -0.05) is 25.5 Å². The van der Waals surface area contributed by atoms with E-state index >= 15 is 0 Å². The summed E-state index contributed by atoms with van der Waals surface area (Å²) in [6.45, 7) is 10.4. The maximum atomic E-state index is 4.46. The van der Waals surface area contributed by atoms with Crippen molar-refractivity contribution in [3.8, 4) is 0 Å². The van der Waals surface area contributed by atoms with E-state index in [1.807, 2.05) is 20.8 Å². The van der Waals surface area contributed by atoms with Crippen molar-refractivity contribution in [2.45, 2.75) is 47.5 Å². The van der Waals surface area contributed by atoms with Crippen LogP contribution >= 0.6 is 0 Å². The average Bonchev–Trinajstić information content (AvgIpc) is 2.09. The minimum atomic E-state index is 1.11. The van der Waals surface area contributed by atoms with E-state index in [2.05, 4.69) is 31.0 Å². The van der Waals surface area contributed by atoms with Gasteiger partial charge in [0.05, 0.1) is 5.70 Å². The second-order valence-electron chi connectivity index (χ2n) is 3.41. The average molecular weight is 179 g/mol. The van der Waals surface area contributed by atoms with Gasteiger partial charge in [0.15, 0.2) is 0 Å². The highest BCUT2D eigenvalue weighted by atomic mass is 14.7. The van der Waals surface area contributed by atoms with E-state index in [0.717, 1.165) is 17.8 Å². The lowest BCUT2D eigenvalue weighted by Crippen LogP contribution is -1.87. The van der Waals surface area contributed by atoms with E-state index in [4.69, 9.17) is 0 Å². The number of rotatable bonds is 4. The first-order valence-corrected chi connectivity index (χ1v) is 4.97. The molecule has 0 fully saturated rings. The van der Waals surface area contributed by atoms with E-state index in [1.54, 1.807) is 0 Å². The number of hydrogen-bond donors (Lipinski definition) is 0. The molecule has 1 heteroatoms. The molecule has 0 aliphatic heterocycles. The summed E-state index contributed by atoms with van der Waals surface area (Å²) in [6, 6.07) is 0. The Morgan fingerprint density at radius 2 is 1.85 bits per heavy atom. The third kappa shape index (κ3) is 5.40. The van der Waals surface area contributed by atoms with Gasteiger partial charge in [-0.05, 0) is 39.7 Å². The summed E-state index contributed by atoms with van der Waals surface area (Å²) < 4.78 is 0. The van der Waals surface area contributed by atoms with Crippen LogP contribution in [0.3, 0.4) is 0 Å². The van der Waals surface area contributed by atoms with Gasteiger partial charge < -0.3 is 0 Å². The first-order chi connectivity index (χ1) is 6.11. The molecule has 0 aromatic rings. The first kappa shape index (κ1) is 12.2. The van der Waals surface area contributed by atoms with Crippen LogP contribution in [-0.2, 0) is 0 Å². The number of allylic oxidation sites excluding steroid dienone is 3. The number of nitrogens with zero attached hydrogens (tertiary/aromatic N) is 1. The summed E-state index contributed by atoms with van der Waals surface area (Å²) in [5, 5.41) is 0. The quantitative estimate of drug-likeness (QED) is 0.455. The first-order valence-electron chi connectivity index (χ1n) is 4.97. The highest BCUT2D eigenvalue weighted by Crippen LogP contribution is 2.12. The molecule has 0 aliphatic rings. The summed E-state index contributed by atoms with van der Waals surface area (Å²) in [7, 11) is 0. The van der Waals surface area contributed by atoms with Gasteiger partial charge in [0, 0.05) is 5.71 Å². The summed E-state index contributed by atoms with van der Waals surface area (Å²) >= 11 is 0. The molecule has 0 unspecified atom stereocenters. The van der Waals surface area contributed by atoms with Gasteiger partial charge >= 0.3 is 0 Å². The molecule has 0 rings (SSSR count). The molecule has 0 radical (unpaired) electrons. The molecular formula is C12H21N. The molecule has 0 spiro atoms. The molecule has 0 saturated heterocycles. The normalized spacial score (nSPS) is 13.0. The topological polar surface area (TPSA) is 12.4 Å². The third-order valence-corrected chi connectivity index (χ3v) is 1.76. The van der Waals surface area contributed by atoms with E-state index in [0.29, 0.717) is 0 Å². The predicted octanol–water partition coefficient (Wildman–Crippen LogP) is 4.12. The summed E-state index contributed by atoms with van der Waals surface area (Å²) in [6.07, 6.45) is 6.65. The van der Waals surface area contributed by atoms with Crippen LogP contribution in [0.25, 0.3) is 0 Å². The Balaban J connectivity index is 4.52. The summed E-state index contributed by atoms with van der Waals surface area (Å²) in [4.78, 5) is 4.46. The zero-order chi connectivity index (χ0) is 10.3. The molecule has 0 aliphatic carbocycles. The van der Waals surface area contributed by atoms with Crippen LogP contribution in [0.15, 0.2) is 28.4 Å². The standard InChI is InChI=1S/C12H21N/c1-6-8-9-11(5)12(7-2)13-10(3)4/h7,9H,6,8H2,1-5H3/b11-9?,12-7+. The van der Waals surface area contributed by atoms with Crippen molar-refractivity contribution in [1.29, 1.82) is 0 Å². The van der Waals surface area contributed by atoms with Gasteiger partial charge in [0.1, 0.15) is 0 Å². The van der Waals surface area contributed by atoms with Crippen molar-refractivity contribution in [3.63, 3.8) is 0 Å². The lowest BCUT2D eigenvalue weighted by Gasteiger charge is -2.02. The zero-order valence-electron chi connectivity index (χ0n) is 9.52. The van der Waals surface area contributed by atoms with Crippen LogP contribution in [0.4, 0.5) is 0 Å². The van der Waals surface area contributed by atoms with E-state index in [1.165, 1.54) is 12.0 Å². The van der Waals surface area contributed by atoms with Crippen LogP contribution in [0, 0.1) is 0 Å². The maximum Gasteiger partial charge on any atom is 0.0612 e. The van der Waals surface area contributed by atoms with Gasteiger partial charge in [-0.25, -0.2) is 0 Å². The molecule has 0 aromatic heterocycles. The Kier molecular flexibility index (Phi) is 6.21. The zero-order valence-corrected chi connectivity index (χ0v) is 9.52. The summed E-state index contributed by atoms with van der Waals surface area (Å²) in [5.74, 6) is 0. The van der Waals surface area contributed by atoms with Crippen molar-refractivity contribution < 1.29 is 0 Å². The van der Waals surface area contributed by atoms with Gasteiger partial charge in [0.25, 0.3) is 0 Å². The molecule has 0 amide bonds. The van der Waals surface area contributed by atoms with Gasteiger partial charge in [-0.15, -0.1) is 0 Å². The van der Waals surface area contributed by atoms with Crippen LogP contribution < -0.4 is 0 Å². The van der Waals surface area contributed by atoms with Gasteiger partial charge in [-0.2, -0.15) is 0 Å². The maximum absolute atomic E-state index is 4.46. The fourth-order valence-electron chi connectivity index (χ4n) is 1.09. The molecule has 0 atom stereocenters. The van der Waals surface area contributed by atoms with Gasteiger partial charge in [0.2, 0.25) is 0 Å². The van der Waals surface area contributed by atoms with Crippen molar-refractivity contribution in [3.05, 3.63) is 23.4 Å². The second kappa shape index (κ2) is 6.64. The Bertz CT molecular complexity index is 228. The molecular weight excluding hydrogens is 158 g/mol. The van der Waals surface area contributed by atoms with Crippen LogP contribution in [0.5, 0.6) is 0 Å². The Morgan fingerprint density at radius 3 is 2.23 bits per heavy atom. The van der Waals surface area contributed by atoms with Crippen LogP contribution in [0.2, 0.25) is 0 Å². The second-order valence-corrected chi connectivity index (χ2v) is 3.41. The molecule has 0 aromatic carbocycles. The minimum absolute atomic E-state index is 1.11. The van der Waals surface area contributed by atoms with E-state index < -0.39 is 0 Å². The van der Waals surface area contributed by atoms with Gasteiger partial charge in [-0.3, -0.25) is 4.99 Å². The lowest BCUT2D eigenvalue weighted by atomic mass is 10.1. The molecule has 74 valence electrons. The third-order valence-electron chi connectivity index (χ3n) is 1.76. The number of aliphatic imine (C=N–C) groups is 1. The highest BCUT2D eigenvalue weighted by Gasteiger charge is 1.95. The minimum Gasteiger partial charge on any atom is -0.259 e. The van der Waals surface area contributed by atoms with Crippen LogP contribution in [0.1, 0.15) is 47.5 Å². The fraction of sp³-hybridized carbons (Fsp3) is 0.583. The van der Waals surface area contributed by atoms with E-state index in [-0.39, 0.29) is 0 Å². The highest BCUT2D eigenvalue weighted by molar-refractivity contribution is 5.80. The largest absolute Gasteiger partial charge is 0.259 e. The SMILES string of the molecule is C/C=C(/N=C(C)C)C(C)=CCCC. The molecule has 0 heterocycles. The fourth-order valence-corrected chi connectivity index (χ4v) is 1.09. The van der Waals surface area contributed by atoms with Crippen molar-refractivity contribution in [2.24, 2.45) is 4.99 Å². The van der Waals surface area contributed by atoms with E-state index in [9.17, 15) is 0 Å². The number of hydrogen-bond acceptors (Lipinski definition) is 1. The van der Waals surface area contributed by atoms with Crippen molar-refractivity contribution in [2.75, 3.05) is 0 Å². The Morgan fingerprint density at radius 1 is 1.23 bits per heavy atom. The molecule has 0 saturated carbocycles. The van der Waals surface area contributed by atoms with Crippen LogP contribution in [-0.4, -0.2) is 5.71 Å². The molecule has 0 bridgehead atoms.